The predicted octanol–water partition coefficient (Wildman–Crippen LogP) is 3.48. The second-order valence-corrected chi connectivity index (χ2v) is 13.0. The van der Waals surface area contributed by atoms with Gasteiger partial charge in [0.25, 0.3) is 11.5 Å². The molecule has 2 saturated heterocycles. The Morgan fingerprint density at radius 3 is 2.62 bits per heavy atom. The number of carbonyl (C=O) groups is 1. The third-order valence-electron chi connectivity index (χ3n) is 6.54. The Morgan fingerprint density at radius 1 is 1.27 bits per heavy atom. The van der Waals surface area contributed by atoms with Crippen molar-refractivity contribution in [1.29, 1.82) is 5.26 Å². The third kappa shape index (κ3) is 5.66. The van der Waals surface area contributed by atoms with Crippen molar-refractivity contribution < 1.29 is 13.2 Å². The van der Waals surface area contributed by atoms with E-state index < -0.39 is 15.9 Å². The van der Waals surface area contributed by atoms with E-state index in [9.17, 15) is 23.3 Å². The van der Waals surface area contributed by atoms with Crippen LogP contribution in [0, 0.1) is 18.3 Å². The van der Waals surface area contributed by atoms with Gasteiger partial charge in [-0.15, -0.1) is 0 Å². The van der Waals surface area contributed by atoms with Crippen molar-refractivity contribution in [1.82, 2.24) is 9.47 Å². The number of nitrogens with zero attached hydrogens (tertiary/aromatic N) is 3. The first kappa shape index (κ1) is 27.1. The fraction of sp³-hybridized carbons (Fsp3) is 0.385. The molecule has 2 aliphatic rings. The highest BCUT2D eigenvalue weighted by atomic mass is 32.2. The molecule has 1 aromatic carbocycles. The number of carbonyl (C=O) groups excluding carboxylic acids is 1. The molecule has 1 amide bonds. The van der Waals surface area contributed by atoms with Crippen LogP contribution in [0.4, 0.5) is 5.82 Å². The minimum atomic E-state index is -3.19. The van der Waals surface area contributed by atoms with E-state index in [1.54, 1.807) is 17.6 Å². The van der Waals surface area contributed by atoms with Gasteiger partial charge in [0.15, 0.2) is 9.84 Å². The van der Waals surface area contributed by atoms with Gasteiger partial charge in [0.1, 0.15) is 21.8 Å². The fourth-order valence-electron chi connectivity index (χ4n) is 4.67. The van der Waals surface area contributed by atoms with E-state index in [0.29, 0.717) is 52.1 Å². The van der Waals surface area contributed by atoms with Crippen LogP contribution in [0.2, 0.25) is 0 Å². The summed E-state index contributed by atoms with van der Waals surface area (Å²) >= 11 is 6.57. The van der Waals surface area contributed by atoms with Gasteiger partial charge in [0.2, 0.25) is 0 Å². The number of rotatable bonds is 8. The van der Waals surface area contributed by atoms with Gasteiger partial charge in [-0.1, -0.05) is 61.2 Å². The molecule has 0 radical (unpaired) electrons. The SMILES string of the molecule is CCCn1c(NCCc2ccccc2)c(/C=C2/SC(=S)N(C3CCS(=O)(=O)C3)C2=O)c(C)c(C#N)c1=O. The molecule has 37 heavy (non-hydrogen) atoms. The van der Waals surface area contributed by atoms with Crippen molar-refractivity contribution in [3.63, 3.8) is 0 Å². The summed E-state index contributed by atoms with van der Waals surface area (Å²) in [5.74, 6) is 0.139. The second kappa shape index (κ2) is 11.2. The van der Waals surface area contributed by atoms with Crippen LogP contribution in [-0.2, 0) is 27.6 Å². The zero-order valence-electron chi connectivity index (χ0n) is 20.7. The lowest BCUT2D eigenvalue weighted by molar-refractivity contribution is -0.123. The number of aromatic nitrogens is 1. The predicted molar refractivity (Wildman–Crippen MR) is 151 cm³/mol. The summed E-state index contributed by atoms with van der Waals surface area (Å²) < 4.78 is 25.9. The molecule has 0 saturated carbocycles. The Hall–Kier alpha value is -2.94. The first-order valence-corrected chi connectivity index (χ1v) is 15.1. The van der Waals surface area contributed by atoms with E-state index >= 15 is 0 Å². The summed E-state index contributed by atoms with van der Waals surface area (Å²) in [7, 11) is -3.19. The number of thiocarbonyl (C=S) groups is 1. The Labute approximate surface area is 226 Å². The van der Waals surface area contributed by atoms with Crippen LogP contribution in [0.3, 0.4) is 0 Å². The lowest BCUT2D eigenvalue weighted by Crippen LogP contribution is -2.39. The molecule has 2 fully saturated rings. The van der Waals surface area contributed by atoms with Gasteiger partial charge in [-0.25, -0.2) is 8.42 Å². The van der Waals surface area contributed by atoms with Crippen LogP contribution in [0.1, 0.15) is 42.0 Å². The van der Waals surface area contributed by atoms with Crippen molar-refractivity contribution in [2.75, 3.05) is 23.4 Å². The van der Waals surface area contributed by atoms with Gasteiger partial charge < -0.3 is 5.32 Å². The summed E-state index contributed by atoms with van der Waals surface area (Å²) in [5, 5.41) is 13.1. The summed E-state index contributed by atoms with van der Waals surface area (Å²) in [6.07, 6.45) is 3.43. The number of nitrogens with one attached hydrogen (secondary N) is 1. The van der Waals surface area contributed by atoms with Crippen molar-refractivity contribution in [3.8, 4) is 6.07 Å². The smallest absolute Gasteiger partial charge is 0.270 e. The van der Waals surface area contributed by atoms with Crippen LogP contribution in [0.5, 0.6) is 0 Å². The lowest BCUT2D eigenvalue weighted by atomic mass is 10.0. The Balaban J connectivity index is 1.74. The topological polar surface area (TPSA) is 112 Å². The van der Waals surface area contributed by atoms with E-state index in [-0.39, 0.29) is 28.5 Å². The van der Waals surface area contributed by atoms with Crippen LogP contribution >= 0.6 is 24.0 Å². The molecule has 0 spiro atoms. The molecule has 0 bridgehead atoms. The lowest BCUT2D eigenvalue weighted by Gasteiger charge is -2.21. The normalized spacial score (nSPS) is 20.0. The highest BCUT2D eigenvalue weighted by molar-refractivity contribution is 8.26. The maximum absolute atomic E-state index is 13.4. The maximum atomic E-state index is 13.4. The number of anilines is 1. The molecule has 1 aromatic heterocycles. The van der Waals surface area contributed by atoms with Crippen molar-refractivity contribution in [2.24, 2.45) is 0 Å². The van der Waals surface area contributed by atoms with E-state index in [2.05, 4.69) is 5.32 Å². The summed E-state index contributed by atoms with van der Waals surface area (Å²) in [6, 6.07) is 11.5. The molecule has 1 unspecified atom stereocenters. The molecule has 11 heteroatoms. The minimum absolute atomic E-state index is 0.0330. The zero-order chi connectivity index (χ0) is 26.7. The quantitative estimate of drug-likeness (QED) is 0.389. The number of thioether (sulfide) groups is 1. The first-order chi connectivity index (χ1) is 17.7. The maximum Gasteiger partial charge on any atom is 0.270 e. The molecular formula is C26H28N4O4S3. The summed E-state index contributed by atoms with van der Waals surface area (Å²) in [4.78, 5) is 28.3. The first-order valence-electron chi connectivity index (χ1n) is 12.1. The van der Waals surface area contributed by atoms with Crippen molar-refractivity contribution in [2.45, 2.75) is 45.7 Å². The second-order valence-electron chi connectivity index (χ2n) is 9.10. The van der Waals surface area contributed by atoms with Crippen LogP contribution in [0.15, 0.2) is 40.0 Å². The highest BCUT2D eigenvalue weighted by Gasteiger charge is 2.42. The number of pyridine rings is 1. The number of sulfone groups is 1. The van der Waals surface area contributed by atoms with Gasteiger partial charge >= 0.3 is 0 Å². The van der Waals surface area contributed by atoms with Gasteiger partial charge in [0.05, 0.1) is 22.5 Å². The monoisotopic (exact) mass is 556 g/mol. The molecular weight excluding hydrogens is 529 g/mol. The Kier molecular flexibility index (Phi) is 8.21. The van der Waals surface area contributed by atoms with Crippen LogP contribution < -0.4 is 10.9 Å². The third-order valence-corrected chi connectivity index (χ3v) is 9.62. The van der Waals surface area contributed by atoms with Crippen molar-refractivity contribution in [3.05, 3.63) is 67.8 Å². The van der Waals surface area contributed by atoms with Gasteiger partial charge in [-0.2, -0.15) is 5.26 Å². The summed E-state index contributed by atoms with van der Waals surface area (Å²) in [5.41, 5.74) is 1.86. The molecule has 2 aromatic rings. The molecule has 0 aliphatic carbocycles. The standard InChI is InChI=1S/C26H28N4O4S3/c1-3-12-29-23(28-11-9-18-7-5-4-6-8-18)20(17(2)21(15-27)24(29)31)14-22-25(32)30(26(35)36-22)19-10-13-37(33,34)16-19/h4-8,14,19,28H,3,9-13,16H2,1-2H3/b22-14+. The molecule has 1 N–H and O–H groups in total. The molecule has 3 heterocycles. The van der Waals surface area contributed by atoms with E-state index in [4.69, 9.17) is 12.2 Å². The number of hydrogen-bond donors (Lipinski definition) is 1. The Bertz CT molecular complexity index is 1470. The van der Waals surface area contributed by atoms with Crippen LogP contribution in [-0.4, -0.2) is 52.2 Å². The largest absolute Gasteiger partial charge is 0.371 e. The molecule has 194 valence electrons. The number of benzene rings is 1. The molecule has 1 atom stereocenters. The number of nitriles is 1. The van der Waals surface area contributed by atoms with E-state index in [1.165, 1.54) is 4.90 Å². The zero-order valence-corrected chi connectivity index (χ0v) is 23.1. The van der Waals surface area contributed by atoms with Crippen molar-refractivity contribution >= 4 is 55.9 Å². The van der Waals surface area contributed by atoms with Gasteiger partial charge in [0, 0.05) is 18.7 Å². The van der Waals surface area contributed by atoms with Gasteiger partial charge in [-0.3, -0.25) is 19.1 Å². The van der Waals surface area contributed by atoms with Gasteiger partial charge in [-0.05, 0) is 43.4 Å². The van der Waals surface area contributed by atoms with E-state index in [1.807, 2.05) is 43.3 Å². The highest BCUT2D eigenvalue weighted by Crippen LogP contribution is 2.37. The van der Waals surface area contributed by atoms with E-state index in [0.717, 1.165) is 23.7 Å². The average Bonchev–Trinajstić information content (AvgIpc) is 3.36. The van der Waals surface area contributed by atoms with Crippen LogP contribution in [0.25, 0.3) is 6.08 Å². The summed E-state index contributed by atoms with van der Waals surface area (Å²) in [6.45, 7) is 4.60. The Morgan fingerprint density at radius 2 is 2.00 bits per heavy atom. The average molecular weight is 557 g/mol. The molecule has 4 rings (SSSR count). The molecule has 2 aliphatic heterocycles. The molecule has 8 nitrogen and oxygen atoms in total. The minimum Gasteiger partial charge on any atom is -0.371 e. The number of amides is 1. The number of hydrogen-bond acceptors (Lipinski definition) is 8. The fourth-order valence-corrected chi connectivity index (χ4v) is 7.75.